The highest BCUT2D eigenvalue weighted by atomic mass is 35.5. The zero-order chi connectivity index (χ0) is 13.7. The van der Waals surface area contributed by atoms with Gasteiger partial charge in [0, 0.05) is 38.1 Å². The lowest BCUT2D eigenvalue weighted by molar-refractivity contribution is 0.0583. The third kappa shape index (κ3) is 4.69. The van der Waals surface area contributed by atoms with E-state index in [1.165, 1.54) is 0 Å². The number of hydrogen-bond donors (Lipinski definition) is 1. The molecular weight excluding hydrogens is 276 g/mol. The average Bonchev–Trinajstić information content (AvgIpc) is 2.45. The van der Waals surface area contributed by atoms with Gasteiger partial charge in [0.2, 0.25) is 0 Å². The molecule has 0 aliphatic carbocycles. The second-order valence-electron chi connectivity index (χ2n) is 5.20. The molecule has 2 rings (SSSR count). The van der Waals surface area contributed by atoms with Crippen molar-refractivity contribution in [3.63, 3.8) is 0 Å². The number of nitrogen functional groups attached to an aromatic ring is 1. The summed E-state index contributed by atoms with van der Waals surface area (Å²) in [5.74, 6) is 0.726. The van der Waals surface area contributed by atoms with E-state index in [1.54, 1.807) is 17.0 Å². The molecule has 0 saturated carbocycles. The first kappa shape index (κ1) is 16.8. The van der Waals surface area contributed by atoms with Crippen LogP contribution in [0.25, 0.3) is 0 Å². The Kier molecular flexibility index (Phi) is 6.82. The predicted octanol–water partition coefficient (Wildman–Crippen LogP) is 2.58. The van der Waals surface area contributed by atoms with Gasteiger partial charge in [-0.3, -0.25) is 4.79 Å². The lowest BCUT2D eigenvalue weighted by atomic mass is 9.96. The lowest BCUT2D eigenvalue weighted by Gasteiger charge is -2.25. The van der Waals surface area contributed by atoms with Crippen molar-refractivity contribution in [2.45, 2.75) is 19.3 Å². The van der Waals surface area contributed by atoms with E-state index in [1.807, 2.05) is 19.2 Å². The first-order valence-electron chi connectivity index (χ1n) is 6.85. The number of amides is 1. The number of rotatable bonds is 4. The van der Waals surface area contributed by atoms with E-state index in [0.717, 1.165) is 39.0 Å². The van der Waals surface area contributed by atoms with Crippen molar-refractivity contribution >= 4 is 24.0 Å². The van der Waals surface area contributed by atoms with Crippen molar-refractivity contribution < 1.29 is 9.53 Å². The molecule has 0 aromatic heterocycles. The van der Waals surface area contributed by atoms with Crippen LogP contribution in [-0.4, -0.2) is 37.6 Å². The molecule has 1 aliphatic rings. The van der Waals surface area contributed by atoms with Gasteiger partial charge in [0.1, 0.15) is 0 Å². The number of anilines is 1. The second-order valence-corrected chi connectivity index (χ2v) is 5.20. The molecule has 0 spiro atoms. The topological polar surface area (TPSA) is 55.6 Å². The van der Waals surface area contributed by atoms with Crippen molar-refractivity contribution in [3.05, 3.63) is 29.8 Å². The summed E-state index contributed by atoms with van der Waals surface area (Å²) in [6, 6.07) is 7.14. The fourth-order valence-electron chi connectivity index (χ4n) is 2.40. The van der Waals surface area contributed by atoms with Crippen LogP contribution in [-0.2, 0) is 4.74 Å². The van der Waals surface area contributed by atoms with E-state index in [4.69, 9.17) is 10.5 Å². The zero-order valence-corrected chi connectivity index (χ0v) is 12.7. The van der Waals surface area contributed by atoms with Crippen LogP contribution in [0.2, 0.25) is 0 Å². The summed E-state index contributed by atoms with van der Waals surface area (Å²) in [5.41, 5.74) is 6.99. The third-order valence-corrected chi connectivity index (χ3v) is 3.69. The quantitative estimate of drug-likeness (QED) is 0.869. The molecule has 112 valence electrons. The Balaban J connectivity index is 0.00000200. The Bertz CT molecular complexity index is 434. The van der Waals surface area contributed by atoms with Gasteiger partial charge in [0.05, 0.1) is 0 Å². The number of benzene rings is 1. The smallest absolute Gasteiger partial charge is 0.253 e. The number of halogens is 1. The third-order valence-electron chi connectivity index (χ3n) is 3.69. The van der Waals surface area contributed by atoms with Crippen LogP contribution in [0.3, 0.4) is 0 Å². The molecular formula is C15H23ClN2O2. The first-order valence-corrected chi connectivity index (χ1v) is 6.85. The fraction of sp³-hybridized carbons (Fsp3) is 0.533. The second kappa shape index (κ2) is 8.12. The minimum absolute atomic E-state index is 0. The molecule has 4 nitrogen and oxygen atoms in total. The van der Waals surface area contributed by atoms with Crippen LogP contribution in [0.15, 0.2) is 24.3 Å². The van der Waals surface area contributed by atoms with Gasteiger partial charge in [-0.15, -0.1) is 12.4 Å². The molecule has 0 atom stereocenters. The number of nitrogens with two attached hydrogens (primary N) is 1. The number of nitrogens with zero attached hydrogens (tertiary/aromatic N) is 1. The maximum Gasteiger partial charge on any atom is 0.253 e. The van der Waals surface area contributed by atoms with Crippen LogP contribution in [0.5, 0.6) is 0 Å². The van der Waals surface area contributed by atoms with Crippen molar-refractivity contribution in [3.8, 4) is 0 Å². The lowest BCUT2D eigenvalue weighted by Crippen LogP contribution is -2.30. The summed E-state index contributed by atoms with van der Waals surface area (Å²) < 4.78 is 5.34. The predicted molar refractivity (Wildman–Crippen MR) is 83.2 cm³/mol. The molecule has 1 aliphatic heterocycles. The van der Waals surface area contributed by atoms with E-state index < -0.39 is 0 Å². The minimum atomic E-state index is 0. The Morgan fingerprint density at radius 1 is 1.40 bits per heavy atom. The summed E-state index contributed by atoms with van der Waals surface area (Å²) in [6.07, 6.45) is 3.27. The number of ether oxygens (including phenoxy) is 1. The SMILES string of the molecule is CN(CCC1CCOCC1)C(=O)c1cccc(N)c1.Cl. The highest BCUT2D eigenvalue weighted by Crippen LogP contribution is 2.19. The van der Waals surface area contributed by atoms with Crippen LogP contribution in [0.4, 0.5) is 5.69 Å². The van der Waals surface area contributed by atoms with Gasteiger partial charge in [0.25, 0.3) is 5.91 Å². The van der Waals surface area contributed by atoms with Gasteiger partial charge in [-0.25, -0.2) is 0 Å². The van der Waals surface area contributed by atoms with Gasteiger partial charge in [-0.1, -0.05) is 6.07 Å². The van der Waals surface area contributed by atoms with Crippen LogP contribution >= 0.6 is 12.4 Å². The monoisotopic (exact) mass is 298 g/mol. The van der Waals surface area contributed by atoms with E-state index in [2.05, 4.69) is 0 Å². The van der Waals surface area contributed by atoms with Crippen molar-refractivity contribution in [1.29, 1.82) is 0 Å². The summed E-state index contributed by atoms with van der Waals surface area (Å²) in [5, 5.41) is 0. The molecule has 0 unspecified atom stereocenters. The molecule has 20 heavy (non-hydrogen) atoms. The van der Waals surface area contributed by atoms with Crippen LogP contribution < -0.4 is 5.73 Å². The molecule has 1 amide bonds. The van der Waals surface area contributed by atoms with E-state index in [-0.39, 0.29) is 18.3 Å². The Labute approximate surface area is 126 Å². The van der Waals surface area contributed by atoms with Gasteiger partial charge >= 0.3 is 0 Å². The van der Waals surface area contributed by atoms with Crippen molar-refractivity contribution in [2.75, 3.05) is 32.5 Å². The largest absolute Gasteiger partial charge is 0.399 e. The highest BCUT2D eigenvalue weighted by molar-refractivity contribution is 5.94. The van der Waals surface area contributed by atoms with Gasteiger partial charge < -0.3 is 15.4 Å². The van der Waals surface area contributed by atoms with E-state index in [0.29, 0.717) is 17.2 Å². The normalized spacial score (nSPS) is 15.4. The molecule has 1 heterocycles. The zero-order valence-electron chi connectivity index (χ0n) is 11.9. The molecule has 0 bridgehead atoms. The van der Waals surface area contributed by atoms with Gasteiger partial charge in [-0.2, -0.15) is 0 Å². The molecule has 2 N–H and O–H groups in total. The van der Waals surface area contributed by atoms with E-state index >= 15 is 0 Å². The minimum Gasteiger partial charge on any atom is -0.399 e. The molecule has 1 aromatic rings. The molecule has 0 radical (unpaired) electrons. The number of carbonyl (C=O) groups is 1. The molecule has 1 saturated heterocycles. The standard InChI is InChI=1S/C15H22N2O2.ClH/c1-17(8-5-12-6-9-19-10-7-12)15(18)13-3-2-4-14(16)11-13;/h2-4,11-12H,5-10,16H2,1H3;1H. The first-order chi connectivity index (χ1) is 9.16. The maximum absolute atomic E-state index is 12.2. The van der Waals surface area contributed by atoms with Crippen LogP contribution in [0.1, 0.15) is 29.6 Å². The molecule has 1 aromatic carbocycles. The van der Waals surface area contributed by atoms with Crippen LogP contribution in [0, 0.1) is 5.92 Å². The Morgan fingerprint density at radius 2 is 2.10 bits per heavy atom. The van der Waals surface area contributed by atoms with Gasteiger partial charge in [-0.05, 0) is 43.4 Å². The highest BCUT2D eigenvalue weighted by Gasteiger charge is 2.17. The average molecular weight is 299 g/mol. The Hall–Kier alpha value is -1.26. The fourth-order valence-corrected chi connectivity index (χ4v) is 2.40. The van der Waals surface area contributed by atoms with E-state index in [9.17, 15) is 4.79 Å². The number of hydrogen-bond acceptors (Lipinski definition) is 3. The van der Waals surface area contributed by atoms with Crippen molar-refractivity contribution in [2.24, 2.45) is 5.92 Å². The summed E-state index contributed by atoms with van der Waals surface area (Å²) in [4.78, 5) is 14.0. The molecule has 5 heteroatoms. The number of carbonyl (C=O) groups excluding carboxylic acids is 1. The summed E-state index contributed by atoms with van der Waals surface area (Å²) >= 11 is 0. The van der Waals surface area contributed by atoms with Gasteiger partial charge in [0.15, 0.2) is 0 Å². The summed E-state index contributed by atoms with van der Waals surface area (Å²) in [7, 11) is 1.85. The summed E-state index contributed by atoms with van der Waals surface area (Å²) in [6.45, 7) is 2.51. The Morgan fingerprint density at radius 3 is 2.75 bits per heavy atom. The maximum atomic E-state index is 12.2. The molecule has 1 fully saturated rings. The van der Waals surface area contributed by atoms with Crippen molar-refractivity contribution in [1.82, 2.24) is 4.90 Å².